The summed E-state index contributed by atoms with van der Waals surface area (Å²) < 4.78 is 41.6. The molecular weight excluding hydrogens is 433 g/mol. The molecule has 34 heavy (non-hydrogen) atoms. The zero-order chi connectivity index (χ0) is 23.9. The molecular formula is C29H27F3N2. The van der Waals surface area contributed by atoms with Crippen LogP contribution in [0.1, 0.15) is 41.4 Å². The van der Waals surface area contributed by atoms with Crippen LogP contribution in [0.2, 0.25) is 0 Å². The van der Waals surface area contributed by atoms with Crippen molar-refractivity contribution in [3.8, 4) is 0 Å². The highest BCUT2D eigenvalue weighted by atomic mass is 19.2. The molecule has 0 spiro atoms. The van der Waals surface area contributed by atoms with Crippen LogP contribution in [-0.4, -0.2) is 9.97 Å². The van der Waals surface area contributed by atoms with Gasteiger partial charge in [0.2, 0.25) is 0 Å². The van der Waals surface area contributed by atoms with Gasteiger partial charge in [-0.15, -0.1) is 0 Å². The van der Waals surface area contributed by atoms with E-state index in [1.807, 2.05) is 49.7 Å². The Balaban J connectivity index is 1.39. The van der Waals surface area contributed by atoms with Crippen molar-refractivity contribution >= 4 is 10.8 Å². The summed E-state index contributed by atoms with van der Waals surface area (Å²) in [5.74, 6) is -1.22. The summed E-state index contributed by atoms with van der Waals surface area (Å²) >= 11 is 0. The molecule has 0 saturated carbocycles. The van der Waals surface area contributed by atoms with E-state index in [9.17, 15) is 8.78 Å². The first-order valence-electron chi connectivity index (χ1n) is 11.6. The molecule has 0 aliphatic carbocycles. The van der Waals surface area contributed by atoms with Gasteiger partial charge in [0, 0.05) is 24.2 Å². The number of aryl methyl sites for hydroxylation is 5. The van der Waals surface area contributed by atoms with Crippen LogP contribution in [0.15, 0.2) is 73.1 Å². The number of allylic oxidation sites excluding steroid dienone is 2. The third-order valence-electron chi connectivity index (χ3n) is 6.00. The molecule has 2 nitrogen and oxygen atoms in total. The summed E-state index contributed by atoms with van der Waals surface area (Å²) in [5.41, 5.74) is 3.43. The van der Waals surface area contributed by atoms with E-state index in [2.05, 4.69) is 16.0 Å². The molecule has 0 unspecified atom stereocenters. The maximum Gasteiger partial charge on any atom is 0.159 e. The number of nitrogens with zero attached hydrogens (tertiary/aromatic N) is 2. The van der Waals surface area contributed by atoms with E-state index in [4.69, 9.17) is 0 Å². The first-order valence-corrected chi connectivity index (χ1v) is 11.6. The van der Waals surface area contributed by atoms with Crippen LogP contribution in [0.5, 0.6) is 0 Å². The molecule has 0 fully saturated rings. The van der Waals surface area contributed by atoms with Gasteiger partial charge in [-0.05, 0) is 78.8 Å². The fraction of sp³-hybridized carbons (Fsp3) is 0.241. The lowest BCUT2D eigenvalue weighted by Crippen LogP contribution is -2.00. The van der Waals surface area contributed by atoms with Crippen molar-refractivity contribution in [2.75, 3.05) is 0 Å². The Morgan fingerprint density at radius 2 is 1.44 bits per heavy atom. The molecule has 0 aliphatic rings. The number of hydrogen-bond donors (Lipinski definition) is 0. The predicted octanol–water partition coefficient (Wildman–Crippen LogP) is 7.13. The van der Waals surface area contributed by atoms with Crippen molar-refractivity contribution in [2.45, 2.75) is 45.4 Å². The highest BCUT2D eigenvalue weighted by Gasteiger charge is 2.10. The van der Waals surface area contributed by atoms with Crippen molar-refractivity contribution in [3.63, 3.8) is 0 Å². The van der Waals surface area contributed by atoms with Gasteiger partial charge in [-0.1, -0.05) is 48.6 Å². The Bertz CT molecular complexity index is 1300. The first kappa shape index (κ1) is 23.7. The number of aromatic nitrogens is 2. The predicted molar refractivity (Wildman–Crippen MR) is 130 cm³/mol. The monoisotopic (exact) mass is 460 g/mol. The van der Waals surface area contributed by atoms with Crippen LogP contribution in [0, 0.1) is 17.5 Å². The summed E-state index contributed by atoms with van der Waals surface area (Å²) in [5, 5.41) is 1.40. The lowest BCUT2D eigenvalue weighted by atomic mass is 9.98. The summed E-state index contributed by atoms with van der Waals surface area (Å²) in [6, 6.07) is 13.3. The van der Waals surface area contributed by atoms with E-state index in [0.717, 1.165) is 54.1 Å². The van der Waals surface area contributed by atoms with Gasteiger partial charge < -0.3 is 0 Å². The Kier molecular flexibility index (Phi) is 7.73. The third kappa shape index (κ3) is 5.90. The van der Waals surface area contributed by atoms with Gasteiger partial charge in [-0.2, -0.15) is 0 Å². The zero-order valence-electron chi connectivity index (χ0n) is 19.2. The van der Waals surface area contributed by atoms with Crippen molar-refractivity contribution in [1.82, 2.24) is 9.97 Å². The largest absolute Gasteiger partial charge is 0.241 e. The van der Waals surface area contributed by atoms with Gasteiger partial charge in [0.25, 0.3) is 0 Å². The maximum absolute atomic E-state index is 15.1. The van der Waals surface area contributed by atoms with Gasteiger partial charge in [-0.3, -0.25) is 0 Å². The fourth-order valence-corrected chi connectivity index (χ4v) is 4.02. The maximum atomic E-state index is 15.1. The minimum Gasteiger partial charge on any atom is -0.241 e. The van der Waals surface area contributed by atoms with Gasteiger partial charge in [0.1, 0.15) is 11.6 Å². The Labute approximate surface area is 198 Å². The molecule has 0 amide bonds. The normalized spacial score (nSPS) is 11.5. The SMILES string of the molecule is C/C=C/CCc1cnc(CCc2ccc3c(F)c(CCc4ccc(F)c(F)c4)ccc3c2)nc1. The smallest absolute Gasteiger partial charge is 0.159 e. The molecule has 4 aromatic rings. The number of hydrogen-bond acceptors (Lipinski definition) is 2. The van der Waals surface area contributed by atoms with E-state index in [1.165, 1.54) is 12.1 Å². The number of halogens is 3. The van der Waals surface area contributed by atoms with Gasteiger partial charge >= 0.3 is 0 Å². The second kappa shape index (κ2) is 11.1. The van der Waals surface area contributed by atoms with Crippen molar-refractivity contribution < 1.29 is 13.2 Å². The van der Waals surface area contributed by atoms with E-state index < -0.39 is 11.6 Å². The number of fused-ring (bicyclic) bond motifs is 1. The van der Waals surface area contributed by atoms with E-state index in [0.29, 0.717) is 29.4 Å². The lowest BCUT2D eigenvalue weighted by molar-refractivity contribution is 0.507. The molecule has 0 atom stereocenters. The molecule has 0 bridgehead atoms. The van der Waals surface area contributed by atoms with E-state index in [1.54, 1.807) is 6.07 Å². The quantitative estimate of drug-likeness (QED) is 0.248. The molecule has 5 heteroatoms. The average molecular weight is 461 g/mol. The molecule has 1 heterocycles. The second-order valence-corrected chi connectivity index (χ2v) is 8.46. The highest BCUT2D eigenvalue weighted by molar-refractivity contribution is 5.84. The lowest BCUT2D eigenvalue weighted by Gasteiger charge is -2.09. The van der Waals surface area contributed by atoms with Crippen molar-refractivity contribution in [3.05, 3.63) is 119 Å². The standard InChI is InChI=1S/C29H27F3N2/c1-2-3-4-5-22-18-33-28(34-19-22)15-9-20-7-13-25-24(16-20)12-11-23(29(25)32)10-6-21-8-14-26(30)27(31)17-21/h2-3,7-8,11-14,16-19H,4-6,9-10,15H2,1H3/b3-2+. The van der Waals surface area contributed by atoms with E-state index in [-0.39, 0.29) is 5.82 Å². The molecule has 174 valence electrons. The summed E-state index contributed by atoms with van der Waals surface area (Å²) in [6.07, 6.45) is 12.2. The Morgan fingerprint density at radius 3 is 2.21 bits per heavy atom. The molecule has 0 saturated heterocycles. The Hall–Kier alpha value is -3.47. The number of benzene rings is 3. The minimum atomic E-state index is -0.880. The highest BCUT2D eigenvalue weighted by Crippen LogP contribution is 2.24. The van der Waals surface area contributed by atoms with Crippen LogP contribution in [-0.2, 0) is 32.1 Å². The summed E-state index contributed by atoms with van der Waals surface area (Å²) in [6.45, 7) is 2.01. The van der Waals surface area contributed by atoms with Crippen LogP contribution in [0.25, 0.3) is 10.8 Å². The van der Waals surface area contributed by atoms with Gasteiger partial charge in [-0.25, -0.2) is 23.1 Å². The van der Waals surface area contributed by atoms with Crippen LogP contribution < -0.4 is 0 Å². The third-order valence-corrected chi connectivity index (χ3v) is 6.00. The molecule has 3 aromatic carbocycles. The topological polar surface area (TPSA) is 25.8 Å². The Morgan fingerprint density at radius 1 is 0.706 bits per heavy atom. The molecule has 4 rings (SSSR count). The summed E-state index contributed by atoms with van der Waals surface area (Å²) in [7, 11) is 0. The molecule has 0 aliphatic heterocycles. The first-order chi connectivity index (χ1) is 16.5. The molecule has 1 aromatic heterocycles. The zero-order valence-corrected chi connectivity index (χ0v) is 19.2. The van der Waals surface area contributed by atoms with E-state index >= 15 is 4.39 Å². The van der Waals surface area contributed by atoms with Crippen LogP contribution >= 0.6 is 0 Å². The molecule has 0 N–H and O–H groups in total. The van der Waals surface area contributed by atoms with Gasteiger partial charge in [0.05, 0.1) is 0 Å². The average Bonchev–Trinajstić information content (AvgIpc) is 2.85. The van der Waals surface area contributed by atoms with Crippen molar-refractivity contribution in [2.24, 2.45) is 0 Å². The van der Waals surface area contributed by atoms with Crippen molar-refractivity contribution in [1.29, 1.82) is 0 Å². The molecule has 0 radical (unpaired) electrons. The minimum absolute atomic E-state index is 0.261. The van der Waals surface area contributed by atoms with Gasteiger partial charge in [0.15, 0.2) is 11.6 Å². The van der Waals surface area contributed by atoms with Crippen LogP contribution in [0.3, 0.4) is 0 Å². The number of rotatable bonds is 9. The second-order valence-electron chi connectivity index (χ2n) is 8.46. The van der Waals surface area contributed by atoms with Crippen LogP contribution in [0.4, 0.5) is 13.2 Å². The fourth-order valence-electron chi connectivity index (χ4n) is 4.02. The summed E-state index contributed by atoms with van der Waals surface area (Å²) in [4.78, 5) is 8.95.